The minimum atomic E-state index is 0.478. The fourth-order valence-electron chi connectivity index (χ4n) is 9.02. The Hall–Kier alpha value is -8.70. The van der Waals surface area contributed by atoms with Crippen molar-refractivity contribution in [3.8, 4) is 46.8 Å². The van der Waals surface area contributed by atoms with Crippen LogP contribution >= 0.6 is 0 Å². The first-order valence-electron chi connectivity index (χ1n) is 17.7. The summed E-state index contributed by atoms with van der Waals surface area (Å²) < 4.78 is 4.47. The predicted octanol–water partition coefficient (Wildman–Crippen LogP) is 9.54. The van der Waals surface area contributed by atoms with E-state index in [-0.39, 0.29) is 0 Å². The van der Waals surface area contributed by atoms with E-state index in [1.807, 2.05) is 84.9 Å². The molecule has 56 heavy (non-hydrogen) atoms. The average Bonchev–Trinajstić information content (AvgIpc) is 3.99. The van der Waals surface area contributed by atoms with E-state index in [2.05, 4.69) is 43.0 Å². The Morgan fingerprint density at radius 3 is 1.16 bits per heavy atom. The lowest BCUT2D eigenvalue weighted by Gasteiger charge is -2.13. The zero-order chi connectivity index (χ0) is 37.4. The number of aromatic nitrogens is 6. The standard InChI is InChI=1S/C46H18N10/c47-19-23-1-3-35-29(13-23)31-15-25(21-49)17-33-37-41-42(54-40(28-7-11-52-12-8-28)39(53-41)27-5-9-51-10-6-27)38-34-18-26(22-50)16-32-30-14-24(20-48)2-4-36(30)56(44(32)34)46(38)45(37)55(35)43(31)33/h1-18H. The van der Waals surface area contributed by atoms with Crippen LogP contribution in [0, 0.1) is 45.3 Å². The van der Waals surface area contributed by atoms with Gasteiger partial charge in [0.1, 0.15) is 11.0 Å². The lowest BCUT2D eigenvalue weighted by atomic mass is 9.98. The van der Waals surface area contributed by atoms with Gasteiger partial charge in [0.15, 0.2) is 0 Å². The largest absolute Gasteiger partial charge is 0.306 e. The number of benzene rings is 5. The van der Waals surface area contributed by atoms with Crippen LogP contribution in [-0.4, -0.2) is 28.7 Å². The first-order chi connectivity index (χ1) is 27.6. The molecule has 0 aliphatic heterocycles. The van der Waals surface area contributed by atoms with Crippen LogP contribution in [0.2, 0.25) is 0 Å². The molecule has 0 atom stereocenters. The zero-order valence-electron chi connectivity index (χ0n) is 28.9. The Morgan fingerprint density at radius 1 is 0.393 bits per heavy atom. The monoisotopic (exact) mass is 710 g/mol. The van der Waals surface area contributed by atoms with Gasteiger partial charge in [-0.3, -0.25) is 9.97 Å². The topological polar surface area (TPSA) is 156 Å². The molecule has 252 valence electrons. The molecule has 0 saturated carbocycles. The molecule has 0 N–H and O–H groups in total. The molecule has 0 aliphatic carbocycles. The summed E-state index contributed by atoms with van der Waals surface area (Å²) in [6.07, 6.45) is 6.94. The predicted molar refractivity (Wildman–Crippen MR) is 214 cm³/mol. The van der Waals surface area contributed by atoms with Gasteiger partial charge >= 0.3 is 0 Å². The summed E-state index contributed by atoms with van der Waals surface area (Å²) in [7, 11) is 0. The number of nitriles is 4. The minimum absolute atomic E-state index is 0.478. The fraction of sp³-hybridized carbons (Fsp3) is 0. The highest BCUT2D eigenvalue weighted by Crippen LogP contribution is 2.50. The SMILES string of the molecule is N#Cc1ccc2c(c1)c1cc(C#N)cc3c4c5nc(-c6ccncc6)c(-c6ccncc6)nc5c5c6cc(C#N)cc7c8cc(C#N)ccc8n(c76)c5c4n2c13. The third kappa shape index (κ3) is 3.59. The molecular weight excluding hydrogens is 693 g/mol. The molecule has 10 heteroatoms. The van der Waals surface area contributed by atoms with E-state index in [1.165, 1.54) is 0 Å². The summed E-state index contributed by atoms with van der Waals surface area (Å²) in [5, 5.41) is 47.4. The van der Waals surface area contributed by atoms with Gasteiger partial charge in [-0.1, -0.05) is 0 Å². The molecule has 0 bridgehead atoms. The van der Waals surface area contributed by atoms with Crippen LogP contribution in [0.25, 0.3) is 110 Å². The zero-order valence-corrected chi connectivity index (χ0v) is 28.9. The second kappa shape index (κ2) is 10.5. The molecule has 0 fully saturated rings. The Balaban J connectivity index is 1.46. The van der Waals surface area contributed by atoms with Crippen LogP contribution in [0.1, 0.15) is 22.3 Å². The van der Waals surface area contributed by atoms with Crippen molar-refractivity contribution in [2.24, 2.45) is 0 Å². The van der Waals surface area contributed by atoms with Crippen LogP contribution in [0.4, 0.5) is 0 Å². The van der Waals surface area contributed by atoms with Gasteiger partial charge in [-0.25, -0.2) is 9.97 Å². The Bertz CT molecular complexity index is 3650. The van der Waals surface area contributed by atoms with Gasteiger partial charge in [0.25, 0.3) is 0 Å². The molecule has 0 amide bonds. The van der Waals surface area contributed by atoms with Gasteiger partial charge in [-0.05, 0) is 84.9 Å². The molecule has 0 spiro atoms. The van der Waals surface area contributed by atoms with E-state index in [4.69, 9.17) is 9.97 Å². The average molecular weight is 711 g/mol. The van der Waals surface area contributed by atoms with Gasteiger partial charge < -0.3 is 8.80 Å². The quantitative estimate of drug-likeness (QED) is 0.172. The fourth-order valence-corrected chi connectivity index (χ4v) is 9.02. The normalized spacial score (nSPS) is 11.9. The molecule has 5 aromatic carbocycles. The van der Waals surface area contributed by atoms with E-state index in [1.54, 1.807) is 24.8 Å². The summed E-state index contributed by atoms with van der Waals surface area (Å²) in [5.41, 5.74) is 11.5. The van der Waals surface area contributed by atoms with Gasteiger partial charge in [-0.15, -0.1) is 0 Å². The van der Waals surface area contributed by atoms with Crippen LogP contribution in [-0.2, 0) is 0 Å². The molecule has 0 unspecified atom stereocenters. The molecule has 12 rings (SSSR count). The van der Waals surface area contributed by atoms with E-state index >= 15 is 0 Å². The maximum Gasteiger partial charge on any atom is 0.100 e. The van der Waals surface area contributed by atoms with Crippen molar-refractivity contribution < 1.29 is 0 Å². The number of rotatable bonds is 2. The second-order valence-electron chi connectivity index (χ2n) is 14.0. The highest BCUT2D eigenvalue weighted by molar-refractivity contribution is 6.40. The van der Waals surface area contributed by atoms with E-state index in [0.717, 1.165) is 87.3 Å². The van der Waals surface area contributed by atoms with Crippen molar-refractivity contribution in [1.82, 2.24) is 28.7 Å². The highest BCUT2D eigenvalue weighted by atomic mass is 15.0. The van der Waals surface area contributed by atoms with Crippen molar-refractivity contribution in [1.29, 1.82) is 21.0 Å². The van der Waals surface area contributed by atoms with E-state index in [9.17, 15) is 21.0 Å². The summed E-state index contributed by atoms with van der Waals surface area (Å²) in [6, 6.07) is 36.0. The van der Waals surface area contributed by atoms with Crippen LogP contribution in [0.15, 0.2) is 110 Å². The third-order valence-corrected chi connectivity index (χ3v) is 11.2. The van der Waals surface area contributed by atoms with Gasteiger partial charge in [0, 0.05) is 79.0 Å². The Labute approximate surface area is 314 Å². The minimum Gasteiger partial charge on any atom is -0.306 e. The summed E-state index contributed by atoms with van der Waals surface area (Å²) in [6.45, 7) is 0. The number of nitrogens with zero attached hydrogens (tertiary/aromatic N) is 10. The number of fused-ring (bicyclic) bond motifs is 16. The highest BCUT2D eigenvalue weighted by Gasteiger charge is 2.30. The molecule has 0 saturated heterocycles. The third-order valence-electron chi connectivity index (χ3n) is 11.2. The summed E-state index contributed by atoms with van der Waals surface area (Å²) >= 11 is 0. The molecule has 12 aromatic rings. The van der Waals surface area contributed by atoms with Crippen molar-refractivity contribution in [3.63, 3.8) is 0 Å². The van der Waals surface area contributed by atoms with Gasteiger partial charge in [0.2, 0.25) is 0 Å². The van der Waals surface area contributed by atoms with Crippen molar-refractivity contribution in [2.75, 3.05) is 0 Å². The Morgan fingerprint density at radius 2 is 0.768 bits per heavy atom. The first-order valence-corrected chi connectivity index (χ1v) is 17.7. The lowest BCUT2D eigenvalue weighted by Crippen LogP contribution is -1.98. The summed E-state index contributed by atoms with van der Waals surface area (Å²) in [5.74, 6) is 0. The second-order valence-corrected chi connectivity index (χ2v) is 14.0. The molecule has 7 aromatic heterocycles. The van der Waals surface area contributed by atoms with Crippen molar-refractivity contribution >= 4 is 87.2 Å². The number of pyridine rings is 2. The van der Waals surface area contributed by atoms with Gasteiger partial charge in [0.05, 0.1) is 91.0 Å². The molecule has 0 radical (unpaired) electrons. The molecular formula is C46H18N10. The Kier molecular flexibility index (Phi) is 5.57. The van der Waals surface area contributed by atoms with Crippen LogP contribution in [0.3, 0.4) is 0 Å². The van der Waals surface area contributed by atoms with Crippen LogP contribution in [0.5, 0.6) is 0 Å². The van der Waals surface area contributed by atoms with E-state index < -0.39 is 0 Å². The first kappa shape index (κ1) is 29.8. The van der Waals surface area contributed by atoms with Crippen molar-refractivity contribution in [2.45, 2.75) is 0 Å². The van der Waals surface area contributed by atoms with Gasteiger partial charge in [-0.2, -0.15) is 21.0 Å². The molecule has 0 aliphatic rings. The van der Waals surface area contributed by atoms with E-state index in [0.29, 0.717) is 44.7 Å². The smallest absolute Gasteiger partial charge is 0.100 e. The molecule has 10 nitrogen and oxygen atoms in total. The summed E-state index contributed by atoms with van der Waals surface area (Å²) in [4.78, 5) is 19.7. The maximum atomic E-state index is 10.4. The van der Waals surface area contributed by atoms with Crippen LogP contribution < -0.4 is 0 Å². The lowest BCUT2D eigenvalue weighted by molar-refractivity contribution is 1.26. The number of hydrogen-bond donors (Lipinski definition) is 0. The van der Waals surface area contributed by atoms with Crippen molar-refractivity contribution in [3.05, 3.63) is 132 Å². The number of hydrogen-bond acceptors (Lipinski definition) is 8. The maximum absolute atomic E-state index is 10.4. The molecule has 7 heterocycles.